The first-order valence-corrected chi connectivity index (χ1v) is 6.38. The molecule has 1 aromatic carbocycles. The minimum atomic E-state index is -4.62. The fraction of sp³-hybridized carbons (Fsp3) is 0.133. The van der Waals surface area contributed by atoms with E-state index in [-0.39, 0.29) is 5.52 Å². The molecule has 0 aliphatic carbocycles. The van der Waals surface area contributed by atoms with Gasteiger partial charge in [-0.3, -0.25) is 14.3 Å². The van der Waals surface area contributed by atoms with E-state index in [1.54, 1.807) is 19.2 Å². The normalized spacial score (nSPS) is 11.8. The van der Waals surface area contributed by atoms with Crippen LogP contribution in [-0.4, -0.2) is 14.5 Å². The highest BCUT2D eigenvalue weighted by Gasteiger charge is 2.34. The number of aromatic nitrogens is 3. The van der Waals surface area contributed by atoms with Crippen LogP contribution in [-0.2, 0) is 6.18 Å². The van der Waals surface area contributed by atoms with Crippen LogP contribution in [0.4, 0.5) is 13.2 Å². The molecule has 0 unspecified atom stereocenters. The van der Waals surface area contributed by atoms with Gasteiger partial charge in [0.1, 0.15) is 6.33 Å². The van der Waals surface area contributed by atoms with Crippen molar-refractivity contribution in [1.82, 2.24) is 14.5 Å². The Morgan fingerprint density at radius 3 is 2.64 bits per heavy atom. The number of aryl methyl sites for hydroxylation is 1. The lowest BCUT2D eigenvalue weighted by Crippen LogP contribution is -2.22. The van der Waals surface area contributed by atoms with Gasteiger partial charge < -0.3 is 0 Å². The molecule has 0 saturated carbocycles. The molecule has 0 fully saturated rings. The SMILES string of the molecule is Cc1ccncc1-n1cnc2cccc(C(F)(F)F)c2c1=O. The highest BCUT2D eigenvalue weighted by atomic mass is 19.4. The first-order chi connectivity index (χ1) is 10.4. The van der Waals surface area contributed by atoms with Crippen LogP contribution in [0.2, 0.25) is 0 Å². The van der Waals surface area contributed by atoms with Crippen LogP contribution in [0.3, 0.4) is 0 Å². The molecule has 4 nitrogen and oxygen atoms in total. The van der Waals surface area contributed by atoms with Crippen LogP contribution in [0.15, 0.2) is 47.8 Å². The maximum absolute atomic E-state index is 13.1. The molecule has 0 aliphatic rings. The number of fused-ring (bicyclic) bond motifs is 1. The third-order valence-corrected chi connectivity index (χ3v) is 3.36. The number of alkyl halides is 3. The Labute approximate surface area is 122 Å². The Morgan fingerprint density at radius 2 is 1.95 bits per heavy atom. The topological polar surface area (TPSA) is 47.8 Å². The lowest BCUT2D eigenvalue weighted by molar-refractivity contribution is -0.136. The van der Waals surface area contributed by atoms with Gasteiger partial charge >= 0.3 is 6.18 Å². The summed E-state index contributed by atoms with van der Waals surface area (Å²) in [4.78, 5) is 20.4. The van der Waals surface area contributed by atoms with E-state index in [1.165, 1.54) is 24.7 Å². The van der Waals surface area contributed by atoms with Crippen LogP contribution < -0.4 is 5.56 Å². The molecule has 2 aromatic heterocycles. The quantitative estimate of drug-likeness (QED) is 0.694. The fourth-order valence-electron chi connectivity index (χ4n) is 2.28. The standard InChI is InChI=1S/C15H10F3N3O/c1-9-5-6-19-7-12(9)21-8-20-11-4-2-3-10(15(16,17)18)13(11)14(21)22/h2-8H,1H3. The smallest absolute Gasteiger partial charge is 0.268 e. The van der Waals surface area contributed by atoms with Crippen molar-refractivity contribution in [2.24, 2.45) is 0 Å². The summed E-state index contributed by atoms with van der Waals surface area (Å²) in [5.74, 6) is 0. The highest BCUT2D eigenvalue weighted by molar-refractivity contribution is 5.82. The Bertz CT molecular complexity index is 916. The van der Waals surface area contributed by atoms with E-state index in [4.69, 9.17) is 0 Å². The molecule has 0 bridgehead atoms. The van der Waals surface area contributed by atoms with Gasteiger partial charge in [0.15, 0.2) is 0 Å². The van der Waals surface area contributed by atoms with Crippen LogP contribution in [0.5, 0.6) is 0 Å². The van der Waals surface area contributed by atoms with Crippen molar-refractivity contribution in [2.75, 3.05) is 0 Å². The zero-order chi connectivity index (χ0) is 15.9. The maximum Gasteiger partial charge on any atom is 0.417 e. The van der Waals surface area contributed by atoms with Crippen molar-refractivity contribution in [3.8, 4) is 5.69 Å². The van der Waals surface area contributed by atoms with E-state index in [0.717, 1.165) is 10.6 Å². The number of halogens is 3. The van der Waals surface area contributed by atoms with Gasteiger partial charge in [0.25, 0.3) is 5.56 Å². The van der Waals surface area contributed by atoms with E-state index in [2.05, 4.69) is 9.97 Å². The number of benzene rings is 1. The summed E-state index contributed by atoms with van der Waals surface area (Å²) in [5, 5.41) is -0.444. The highest BCUT2D eigenvalue weighted by Crippen LogP contribution is 2.32. The Hall–Kier alpha value is -2.70. The molecule has 22 heavy (non-hydrogen) atoms. The lowest BCUT2D eigenvalue weighted by atomic mass is 10.1. The van der Waals surface area contributed by atoms with Crippen LogP contribution in [0.25, 0.3) is 16.6 Å². The Kier molecular flexibility index (Phi) is 3.20. The van der Waals surface area contributed by atoms with Crippen LogP contribution >= 0.6 is 0 Å². The molecule has 0 atom stereocenters. The van der Waals surface area contributed by atoms with E-state index in [1.807, 2.05) is 0 Å². The van der Waals surface area contributed by atoms with E-state index < -0.39 is 22.7 Å². The van der Waals surface area contributed by atoms with Crippen molar-refractivity contribution < 1.29 is 13.2 Å². The van der Waals surface area contributed by atoms with Crippen molar-refractivity contribution in [1.29, 1.82) is 0 Å². The molecule has 3 rings (SSSR count). The van der Waals surface area contributed by atoms with Gasteiger partial charge in [-0.2, -0.15) is 13.2 Å². The summed E-state index contributed by atoms with van der Waals surface area (Å²) in [6.07, 6.45) is -0.446. The largest absolute Gasteiger partial charge is 0.417 e. The van der Waals surface area contributed by atoms with Gasteiger partial charge in [-0.1, -0.05) is 6.07 Å². The van der Waals surface area contributed by atoms with Crippen molar-refractivity contribution >= 4 is 10.9 Å². The predicted molar refractivity (Wildman–Crippen MR) is 74.9 cm³/mol. The third-order valence-electron chi connectivity index (χ3n) is 3.36. The average Bonchev–Trinajstić information content (AvgIpc) is 2.47. The number of hydrogen-bond donors (Lipinski definition) is 0. The molecule has 0 spiro atoms. The minimum Gasteiger partial charge on any atom is -0.268 e. The van der Waals surface area contributed by atoms with E-state index >= 15 is 0 Å². The van der Waals surface area contributed by atoms with Crippen LogP contribution in [0.1, 0.15) is 11.1 Å². The van der Waals surface area contributed by atoms with E-state index in [9.17, 15) is 18.0 Å². The summed E-state index contributed by atoms with van der Waals surface area (Å²) in [6, 6.07) is 5.16. The second kappa shape index (κ2) is 4.94. The molecule has 0 radical (unpaired) electrons. The molecule has 3 aromatic rings. The second-order valence-corrected chi connectivity index (χ2v) is 4.78. The maximum atomic E-state index is 13.1. The van der Waals surface area contributed by atoms with Gasteiger partial charge in [0.2, 0.25) is 0 Å². The average molecular weight is 305 g/mol. The number of hydrogen-bond acceptors (Lipinski definition) is 3. The Balaban J connectivity index is 2.40. The summed E-state index contributed by atoms with van der Waals surface area (Å²) < 4.78 is 40.5. The lowest BCUT2D eigenvalue weighted by Gasteiger charge is -2.12. The molecular weight excluding hydrogens is 295 g/mol. The zero-order valence-electron chi connectivity index (χ0n) is 11.4. The van der Waals surface area contributed by atoms with Gasteiger partial charge in [-0.05, 0) is 30.7 Å². The first kappa shape index (κ1) is 14.2. The number of rotatable bonds is 1. The summed E-state index contributed by atoms with van der Waals surface area (Å²) in [6.45, 7) is 1.74. The van der Waals surface area contributed by atoms with Crippen molar-refractivity contribution in [3.63, 3.8) is 0 Å². The first-order valence-electron chi connectivity index (χ1n) is 6.38. The molecular formula is C15H10F3N3O. The molecule has 0 amide bonds. The van der Waals surface area contributed by atoms with Crippen molar-refractivity contribution in [3.05, 3.63) is 64.5 Å². The molecule has 0 N–H and O–H groups in total. The number of pyridine rings is 1. The fourth-order valence-corrected chi connectivity index (χ4v) is 2.28. The molecule has 0 aliphatic heterocycles. The second-order valence-electron chi connectivity index (χ2n) is 4.78. The molecule has 7 heteroatoms. The number of nitrogens with zero attached hydrogens (tertiary/aromatic N) is 3. The van der Waals surface area contributed by atoms with Crippen molar-refractivity contribution in [2.45, 2.75) is 13.1 Å². The van der Waals surface area contributed by atoms with Gasteiger partial charge in [0, 0.05) is 6.20 Å². The summed E-state index contributed by atoms with van der Waals surface area (Å²) in [5.41, 5.74) is -0.633. The van der Waals surface area contributed by atoms with Gasteiger partial charge in [-0.25, -0.2) is 4.98 Å². The third kappa shape index (κ3) is 2.24. The van der Waals surface area contributed by atoms with Gasteiger partial charge in [0.05, 0.1) is 28.4 Å². The molecule has 112 valence electrons. The monoisotopic (exact) mass is 305 g/mol. The molecule has 0 saturated heterocycles. The predicted octanol–water partition coefficient (Wildman–Crippen LogP) is 3.11. The Morgan fingerprint density at radius 1 is 1.18 bits per heavy atom. The van der Waals surface area contributed by atoms with Crippen LogP contribution in [0, 0.1) is 6.92 Å². The zero-order valence-corrected chi connectivity index (χ0v) is 11.4. The van der Waals surface area contributed by atoms with Gasteiger partial charge in [-0.15, -0.1) is 0 Å². The minimum absolute atomic E-state index is 0.0117. The molecule has 2 heterocycles. The summed E-state index contributed by atoms with van der Waals surface area (Å²) in [7, 11) is 0. The summed E-state index contributed by atoms with van der Waals surface area (Å²) >= 11 is 0. The van der Waals surface area contributed by atoms with E-state index in [0.29, 0.717) is 11.3 Å².